The first kappa shape index (κ1) is 17.8. The highest BCUT2D eigenvalue weighted by Crippen LogP contribution is 2.29. The van der Waals surface area contributed by atoms with Crippen LogP contribution in [-0.4, -0.2) is 49.0 Å². The molecule has 0 N–H and O–H groups in total. The highest BCUT2D eigenvalue weighted by molar-refractivity contribution is 5.97. The summed E-state index contributed by atoms with van der Waals surface area (Å²) in [5.41, 5.74) is 1.54. The minimum absolute atomic E-state index is 0.0675. The fourth-order valence-electron chi connectivity index (χ4n) is 3.41. The quantitative estimate of drug-likeness (QED) is 0.509. The van der Waals surface area contributed by atoms with Crippen LogP contribution in [0.2, 0.25) is 0 Å². The number of methoxy groups -OCH3 is 1. The van der Waals surface area contributed by atoms with Crippen molar-refractivity contribution in [1.82, 2.24) is 4.90 Å². The number of nitro benzene ring substituents is 1. The van der Waals surface area contributed by atoms with Gasteiger partial charge < -0.3 is 19.0 Å². The second-order valence-electron chi connectivity index (χ2n) is 6.54. The minimum atomic E-state index is -0.414. The van der Waals surface area contributed by atoms with Crippen molar-refractivity contribution < 1.29 is 18.9 Å². The molecule has 1 aromatic heterocycles. The molecule has 2 heterocycles. The Balaban J connectivity index is 1.44. The van der Waals surface area contributed by atoms with Crippen molar-refractivity contribution in [3.63, 3.8) is 0 Å². The van der Waals surface area contributed by atoms with E-state index in [1.165, 1.54) is 12.1 Å². The minimum Gasteiger partial charge on any atom is -0.493 e. The largest absolute Gasteiger partial charge is 0.493 e. The number of para-hydroxylation sites is 1. The average molecular weight is 381 g/mol. The van der Waals surface area contributed by atoms with E-state index in [4.69, 9.17) is 9.15 Å². The summed E-state index contributed by atoms with van der Waals surface area (Å²) in [6, 6.07) is 13.7. The molecule has 0 aliphatic carbocycles. The van der Waals surface area contributed by atoms with Crippen LogP contribution >= 0.6 is 0 Å². The maximum atomic E-state index is 12.8. The number of nitro groups is 1. The number of hydrogen-bond acceptors (Lipinski definition) is 6. The molecular formula is C20H19N3O5. The fraction of sp³-hybridized carbons (Fsp3) is 0.250. The van der Waals surface area contributed by atoms with Crippen molar-refractivity contribution in [3.05, 3.63) is 64.4 Å². The van der Waals surface area contributed by atoms with Crippen LogP contribution in [0.1, 0.15) is 10.6 Å². The summed E-state index contributed by atoms with van der Waals surface area (Å²) in [4.78, 5) is 27.1. The molecule has 1 aliphatic heterocycles. The van der Waals surface area contributed by atoms with Gasteiger partial charge in [0.15, 0.2) is 17.1 Å². The van der Waals surface area contributed by atoms with Crippen molar-refractivity contribution in [3.8, 4) is 5.75 Å². The maximum Gasteiger partial charge on any atom is 0.289 e. The Morgan fingerprint density at radius 3 is 2.46 bits per heavy atom. The number of benzene rings is 2. The highest BCUT2D eigenvalue weighted by atomic mass is 16.6. The molecule has 8 heteroatoms. The first-order valence-corrected chi connectivity index (χ1v) is 8.92. The molecule has 1 saturated heterocycles. The van der Waals surface area contributed by atoms with Gasteiger partial charge in [0.1, 0.15) is 0 Å². The van der Waals surface area contributed by atoms with E-state index < -0.39 is 4.92 Å². The third kappa shape index (κ3) is 3.24. The van der Waals surface area contributed by atoms with Gasteiger partial charge >= 0.3 is 0 Å². The number of hydrogen-bond donors (Lipinski definition) is 0. The number of fused-ring (bicyclic) bond motifs is 1. The summed E-state index contributed by atoms with van der Waals surface area (Å²) in [6.07, 6.45) is 0. The molecule has 1 aliphatic rings. The van der Waals surface area contributed by atoms with Crippen LogP contribution in [-0.2, 0) is 0 Å². The van der Waals surface area contributed by atoms with Gasteiger partial charge in [0.2, 0.25) is 0 Å². The summed E-state index contributed by atoms with van der Waals surface area (Å²) in [7, 11) is 1.57. The zero-order valence-electron chi connectivity index (χ0n) is 15.3. The van der Waals surface area contributed by atoms with Crippen LogP contribution in [0.4, 0.5) is 11.4 Å². The van der Waals surface area contributed by atoms with E-state index in [9.17, 15) is 14.9 Å². The third-order valence-electron chi connectivity index (χ3n) is 4.93. The first-order valence-electron chi connectivity index (χ1n) is 8.92. The monoisotopic (exact) mass is 381 g/mol. The van der Waals surface area contributed by atoms with Gasteiger partial charge in [-0.2, -0.15) is 0 Å². The van der Waals surface area contributed by atoms with Gasteiger partial charge in [-0.05, 0) is 24.3 Å². The predicted molar refractivity (Wildman–Crippen MR) is 104 cm³/mol. The van der Waals surface area contributed by atoms with Crippen LogP contribution in [0.5, 0.6) is 5.75 Å². The van der Waals surface area contributed by atoms with Crippen molar-refractivity contribution in [2.75, 3.05) is 38.2 Å². The molecule has 3 aromatic rings. The van der Waals surface area contributed by atoms with E-state index in [0.717, 1.165) is 11.1 Å². The number of anilines is 1. The van der Waals surface area contributed by atoms with Crippen LogP contribution < -0.4 is 9.64 Å². The lowest BCUT2D eigenvalue weighted by Crippen LogP contribution is -2.48. The van der Waals surface area contributed by atoms with E-state index in [1.54, 1.807) is 36.3 Å². The molecule has 4 rings (SSSR count). The third-order valence-corrected chi connectivity index (χ3v) is 4.93. The molecule has 28 heavy (non-hydrogen) atoms. The molecule has 0 bridgehead atoms. The Labute approximate surface area is 161 Å². The van der Waals surface area contributed by atoms with Gasteiger partial charge in [-0.1, -0.05) is 12.1 Å². The van der Waals surface area contributed by atoms with Gasteiger partial charge in [-0.3, -0.25) is 14.9 Å². The molecule has 0 atom stereocenters. The summed E-state index contributed by atoms with van der Waals surface area (Å²) in [5, 5.41) is 11.6. The van der Waals surface area contributed by atoms with Gasteiger partial charge in [-0.25, -0.2) is 0 Å². The van der Waals surface area contributed by atoms with E-state index >= 15 is 0 Å². The number of furan rings is 1. The summed E-state index contributed by atoms with van der Waals surface area (Å²) in [5.74, 6) is 0.740. The van der Waals surface area contributed by atoms with Gasteiger partial charge in [0.05, 0.1) is 12.0 Å². The number of rotatable bonds is 4. The Hall–Kier alpha value is -3.55. The van der Waals surface area contributed by atoms with E-state index in [0.29, 0.717) is 43.3 Å². The first-order chi connectivity index (χ1) is 13.6. The van der Waals surface area contributed by atoms with Crippen molar-refractivity contribution >= 4 is 28.3 Å². The number of non-ortho nitro benzene ring substituents is 1. The fourth-order valence-corrected chi connectivity index (χ4v) is 3.41. The molecule has 0 spiro atoms. The molecular weight excluding hydrogens is 362 g/mol. The number of carbonyl (C=O) groups excluding carboxylic acids is 1. The number of amides is 1. The van der Waals surface area contributed by atoms with Crippen LogP contribution in [0.25, 0.3) is 11.0 Å². The Morgan fingerprint density at radius 2 is 1.82 bits per heavy atom. The lowest BCUT2D eigenvalue weighted by atomic mass is 10.2. The van der Waals surface area contributed by atoms with E-state index in [-0.39, 0.29) is 11.6 Å². The average Bonchev–Trinajstić information content (AvgIpc) is 3.18. The Kier molecular flexibility index (Phi) is 4.60. The van der Waals surface area contributed by atoms with Crippen molar-refractivity contribution in [2.45, 2.75) is 0 Å². The predicted octanol–water partition coefficient (Wildman–Crippen LogP) is 3.31. The molecule has 1 amide bonds. The number of nitrogens with zero attached hydrogens (tertiary/aromatic N) is 3. The van der Waals surface area contributed by atoms with Gasteiger partial charge in [0.25, 0.3) is 11.6 Å². The SMILES string of the molecule is COc1cccc2cc(C(=O)N3CCN(c4ccc([N+](=O)[O-])cc4)CC3)oc12. The molecule has 8 nitrogen and oxygen atoms in total. The topological polar surface area (TPSA) is 89.1 Å². The molecule has 144 valence electrons. The van der Waals surface area contributed by atoms with Crippen LogP contribution in [0.15, 0.2) is 52.9 Å². The highest BCUT2D eigenvalue weighted by Gasteiger charge is 2.25. The summed E-state index contributed by atoms with van der Waals surface area (Å²) >= 11 is 0. The zero-order valence-corrected chi connectivity index (χ0v) is 15.3. The second kappa shape index (κ2) is 7.22. The Bertz CT molecular complexity index is 1020. The summed E-state index contributed by atoms with van der Waals surface area (Å²) in [6.45, 7) is 2.38. The van der Waals surface area contributed by atoms with Crippen molar-refractivity contribution in [1.29, 1.82) is 0 Å². The maximum absolute atomic E-state index is 12.8. The van der Waals surface area contributed by atoms with Gasteiger partial charge in [0, 0.05) is 49.4 Å². The van der Waals surface area contributed by atoms with Crippen molar-refractivity contribution in [2.24, 2.45) is 0 Å². The van der Waals surface area contributed by atoms with E-state index in [1.807, 2.05) is 12.1 Å². The van der Waals surface area contributed by atoms with Crippen LogP contribution in [0.3, 0.4) is 0 Å². The number of carbonyl (C=O) groups is 1. The number of piperazine rings is 1. The summed E-state index contributed by atoms with van der Waals surface area (Å²) < 4.78 is 11.0. The Morgan fingerprint density at radius 1 is 1.11 bits per heavy atom. The smallest absolute Gasteiger partial charge is 0.289 e. The van der Waals surface area contributed by atoms with Gasteiger partial charge in [-0.15, -0.1) is 0 Å². The molecule has 1 fully saturated rings. The van der Waals surface area contributed by atoms with E-state index in [2.05, 4.69) is 4.90 Å². The normalized spacial score (nSPS) is 14.3. The lowest BCUT2D eigenvalue weighted by molar-refractivity contribution is -0.384. The second-order valence-corrected chi connectivity index (χ2v) is 6.54. The number of ether oxygens (including phenoxy) is 1. The standard InChI is InChI=1S/C20H19N3O5/c1-27-17-4-2-3-14-13-18(28-19(14)17)20(24)22-11-9-21(10-12-22)15-5-7-16(8-6-15)23(25)26/h2-8,13H,9-12H2,1H3. The molecule has 0 saturated carbocycles. The van der Waals surface area contributed by atoms with Crippen LogP contribution in [0, 0.1) is 10.1 Å². The lowest BCUT2D eigenvalue weighted by Gasteiger charge is -2.35. The molecule has 2 aromatic carbocycles. The molecule has 0 radical (unpaired) electrons. The molecule has 0 unspecified atom stereocenters. The zero-order chi connectivity index (χ0) is 19.7.